The van der Waals surface area contributed by atoms with E-state index in [4.69, 9.17) is 9.47 Å². The molecule has 114 valence electrons. The average Bonchev–Trinajstić information content (AvgIpc) is 2.93. The van der Waals surface area contributed by atoms with E-state index in [1.807, 2.05) is 6.08 Å². The van der Waals surface area contributed by atoms with Gasteiger partial charge in [-0.05, 0) is 18.4 Å². The number of aliphatic hydroxyl groups excluding tert-OH is 1. The minimum atomic E-state index is -0.400. The van der Waals surface area contributed by atoms with Gasteiger partial charge >= 0.3 is 0 Å². The molecular weight excluding hydrogens is 256 g/mol. The van der Waals surface area contributed by atoms with Crippen LogP contribution in [0.1, 0.15) is 45.4 Å². The molecule has 2 fully saturated rings. The highest BCUT2D eigenvalue weighted by Gasteiger charge is 2.48. The van der Waals surface area contributed by atoms with Crippen LogP contribution in [0.2, 0.25) is 0 Å². The summed E-state index contributed by atoms with van der Waals surface area (Å²) in [4.78, 5) is 11.8. The molecule has 1 heterocycles. The maximum atomic E-state index is 11.8. The molecule has 2 rings (SSSR count). The van der Waals surface area contributed by atoms with Crippen molar-refractivity contribution < 1.29 is 19.4 Å². The Kier molecular flexibility index (Phi) is 5.75. The number of hydrogen-bond acceptors (Lipinski definition) is 4. The largest absolute Gasteiger partial charge is 0.392 e. The lowest BCUT2D eigenvalue weighted by Crippen LogP contribution is -2.19. The zero-order valence-electron chi connectivity index (χ0n) is 12.5. The molecule has 0 bridgehead atoms. The van der Waals surface area contributed by atoms with Gasteiger partial charge in [0.1, 0.15) is 0 Å². The van der Waals surface area contributed by atoms with Crippen molar-refractivity contribution in [1.82, 2.24) is 0 Å². The number of unbranched alkanes of at least 4 members (excludes halogenated alkanes) is 2. The molecule has 0 spiro atoms. The first-order chi connectivity index (χ1) is 9.65. The van der Waals surface area contributed by atoms with Crippen molar-refractivity contribution in [1.29, 1.82) is 0 Å². The summed E-state index contributed by atoms with van der Waals surface area (Å²) in [7, 11) is 1.64. The minimum Gasteiger partial charge on any atom is -0.392 e. The summed E-state index contributed by atoms with van der Waals surface area (Å²) in [6.07, 6.45) is 8.29. The Hall–Kier alpha value is -0.710. The van der Waals surface area contributed by atoms with E-state index in [1.54, 1.807) is 13.2 Å². The first kappa shape index (κ1) is 15.7. The number of aliphatic hydroxyl groups is 1. The molecule has 4 heteroatoms. The standard InChI is InChI=1S/C16H26O4/c1-3-4-5-6-11(17)7-8-12-13-9-16(19-2)20-15(13)10-14(12)18/h7-8,12-16,18H,3-6,9-10H2,1-2H3/t12-,13-,14-,15+,16-/m0/s1. The second-order valence-electron chi connectivity index (χ2n) is 5.90. The van der Waals surface area contributed by atoms with Crippen LogP contribution in [0, 0.1) is 11.8 Å². The number of carbonyl (C=O) groups is 1. The van der Waals surface area contributed by atoms with Gasteiger partial charge in [-0.15, -0.1) is 0 Å². The number of carbonyl (C=O) groups excluding carboxylic acids is 1. The first-order valence-corrected chi connectivity index (χ1v) is 7.73. The highest BCUT2D eigenvalue weighted by Crippen LogP contribution is 2.44. The molecule has 0 aromatic heterocycles. The molecule has 0 aromatic rings. The van der Waals surface area contributed by atoms with Crippen LogP contribution in [0.25, 0.3) is 0 Å². The summed E-state index contributed by atoms with van der Waals surface area (Å²) in [5.74, 6) is 0.459. The van der Waals surface area contributed by atoms with Gasteiger partial charge in [-0.3, -0.25) is 4.79 Å². The maximum absolute atomic E-state index is 11.8. The van der Waals surface area contributed by atoms with Crippen LogP contribution in [0.3, 0.4) is 0 Å². The molecule has 1 aliphatic carbocycles. The van der Waals surface area contributed by atoms with Crippen LogP contribution < -0.4 is 0 Å². The first-order valence-electron chi connectivity index (χ1n) is 7.73. The van der Waals surface area contributed by atoms with Crippen LogP contribution in [-0.2, 0) is 14.3 Å². The normalized spacial score (nSPS) is 36.6. The summed E-state index contributed by atoms with van der Waals surface area (Å²) < 4.78 is 10.9. The molecule has 0 aromatic carbocycles. The molecule has 20 heavy (non-hydrogen) atoms. The Labute approximate surface area is 121 Å². The lowest BCUT2D eigenvalue weighted by atomic mass is 9.91. The molecule has 1 N–H and O–H groups in total. The summed E-state index contributed by atoms with van der Waals surface area (Å²) in [5.41, 5.74) is 0. The van der Waals surface area contributed by atoms with Crippen LogP contribution in [0.4, 0.5) is 0 Å². The van der Waals surface area contributed by atoms with E-state index in [9.17, 15) is 9.90 Å². The van der Waals surface area contributed by atoms with Crippen molar-refractivity contribution in [3.05, 3.63) is 12.2 Å². The van der Waals surface area contributed by atoms with Gasteiger partial charge < -0.3 is 14.6 Å². The van der Waals surface area contributed by atoms with Crippen molar-refractivity contribution in [3.8, 4) is 0 Å². The minimum absolute atomic E-state index is 0.0234. The zero-order valence-corrected chi connectivity index (χ0v) is 12.5. The molecule has 2 aliphatic rings. The number of hydrogen-bond donors (Lipinski definition) is 1. The number of rotatable bonds is 7. The zero-order chi connectivity index (χ0) is 14.5. The van der Waals surface area contributed by atoms with Crippen molar-refractivity contribution >= 4 is 5.78 Å². The Balaban J connectivity index is 1.86. The van der Waals surface area contributed by atoms with E-state index >= 15 is 0 Å². The molecule has 1 saturated carbocycles. The van der Waals surface area contributed by atoms with E-state index in [0.29, 0.717) is 12.8 Å². The van der Waals surface area contributed by atoms with Gasteiger partial charge in [-0.1, -0.05) is 25.8 Å². The number of fused-ring (bicyclic) bond motifs is 1. The maximum Gasteiger partial charge on any atom is 0.157 e. The topological polar surface area (TPSA) is 55.8 Å². The molecule has 1 aliphatic heterocycles. The SMILES string of the molecule is CCCCCC(=O)C=C[C@H]1[C@@H]2C[C@@H](OC)O[C@@H]2C[C@@H]1O. The highest BCUT2D eigenvalue weighted by atomic mass is 16.7. The fraction of sp³-hybridized carbons (Fsp3) is 0.812. The van der Waals surface area contributed by atoms with Gasteiger partial charge in [-0.25, -0.2) is 0 Å². The third kappa shape index (κ3) is 3.68. The molecule has 0 radical (unpaired) electrons. The van der Waals surface area contributed by atoms with E-state index in [1.165, 1.54) is 0 Å². The number of ketones is 1. The van der Waals surface area contributed by atoms with Crippen LogP contribution in [-0.4, -0.2) is 36.5 Å². The summed E-state index contributed by atoms with van der Waals surface area (Å²) >= 11 is 0. The lowest BCUT2D eigenvalue weighted by molar-refractivity contribution is -0.118. The summed E-state index contributed by atoms with van der Waals surface area (Å²) in [5, 5.41) is 10.1. The van der Waals surface area contributed by atoms with Crippen molar-refractivity contribution in [2.45, 2.75) is 63.9 Å². The highest BCUT2D eigenvalue weighted by molar-refractivity contribution is 5.89. The fourth-order valence-electron chi connectivity index (χ4n) is 3.32. The van der Waals surface area contributed by atoms with Crippen molar-refractivity contribution in [2.24, 2.45) is 11.8 Å². The van der Waals surface area contributed by atoms with E-state index in [0.717, 1.165) is 25.7 Å². The molecule has 1 saturated heterocycles. The van der Waals surface area contributed by atoms with Gasteiger partial charge in [0.25, 0.3) is 0 Å². The molecule has 5 atom stereocenters. The predicted molar refractivity (Wildman–Crippen MR) is 76.2 cm³/mol. The summed E-state index contributed by atoms with van der Waals surface area (Å²) in [6, 6.07) is 0. The third-order valence-electron chi connectivity index (χ3n) is 4.48. The smallest absolute Gasteiger partial charge is 0.157 e. The van der Waals surface area contributed by atoms with Gasteiger partial charge in [0.05, 0.1) is 12.2 Å². The van der Waals surface area contributed by atoms with Crippen LogP contribution in [0.15, 0.2) is 12.2 Å². The van der Waals surface area contributed by atoms with Crippen molar-refractivity contribution in [3.63, 3.8) is 0 Å². The van der Waals surface area contributed by atoms with Crippen LogP contribution in [0.5, 0.6) is 0 Å². The predicted octanol–water partition coefficient (Wildman–Crippen LogP) is 2.45. The van der Waals surface area contributed by atoms with Gasteiger partial charge in [-0.2, -0.15) is 0 Å². The van der Waals surface area contributed by atoms with Crippen LogP contribution >= 0.6 is 0 Å². The third-order valence-corrected chi connectivity index (χ3v) is 4.48. The van der Waals surface area contributed by atoms with E-state index in [-0.39, 0.29) is 30.0 Å². The molecular formula is C16H26O4. The Morgan fingerprint density at radius 1 is 1.40 bits per heavy atom. The van der Waals surface area contributed by atoms with E-state index < -0.39 is 6.10 Å². The quantitative estimate of drug-likeness (QED) is 0.575. The monoisotopic (exact) mass is 282 g/mol. The lowest BCUT2D eigenvalue weighted by Gasteiger charge is -2.16. The van der Waals surface area contributed by atoms with Gasteiger partial charge in [0.15, 0.2) is 12.1 Å². The Morgan fingerprint density at radius 2 is 2.20 bits per heavy atom. The number of allylic oxidation sites excluding steroid dienone is 1. The second-order valence-corrected chi connectivity index (χ2v) is 5.90. The molecule has 0 amide bonds. The Morgan fingerprint density at radius 3 is 2.90 bits per heavy atom. The van der Waals surface area contributed by atoms with Gasteiger partial charge in [0, 0.05) is 32.3 Å². The number of ether oxygens (including phenoxy) is 2. The average molecular weight is 282 g/mol. The van der Waals surface area contributed by atoms with Gasteiger partial charge in [0.2, 0.25) is 0 Å². The van der Waals surface area contributed by atoms with E-state index in [2.05, 4.69) is 6.92 Å². The number of methoxy groups -OCH3 is 1. The second kappa shape index (κ2) is 7.34. The summed E-state index contributed by atoms with van der Waals surface area (Å²) in [6.45, 7) is 2.13. The van der Waals surface area contributed by atoms with Crippen molar-refractivity contribution in [2.75, 3.05) is 7.11 Å². The Bertz CT molecular complexity index is 352. The molecule has 4 nitrogen and oxygen atoms in total. The fourth-order valence-corrected chi connectivity index (χ4v) is 3.32. The molecule has 0 unspecified atom stereocenters.